The maximum atomic E-state index is 12.5. The molecule has 2 aliphatic rings. The van der Waals surface area contributed by atoms with Gasteiger partial charge >= 0.3 is 0 Å². The number of benzene rings is 1. The van der Waals surface area contributed by atoms with Gasteiger partial charge in [-0.15, -0.1) is 0 Å². The van der Waals surface area contributed by atoms with E-state index in [1.165, 1.54) is 25.7 Å². The number of rotatable bonds is 7. The second-order valence-corrected chi connectivity index (χ2v) is 7.41. The van der Waals surface area contributed by atoms with Crippen molar-refractivity contribution in [2.45, 2.75) is 45.1 Å². The molecular formula is C20H29NO4. The summed E-state index contributed by atoms with van der Waals surface area (Å²) in [5.41, 5.74) is 0.854. The SMILES string of the molecule is COc1cc(CC(=O)N[C@@H](C)[C@H]2C[C@@H]3CC[C@@H]2C3)cc(OC)c1OC. The van der Waals surface area contributed by atoms with Crippen molar-refractivity contribution in [1.82, 2.24) is 5.32 Å². The van der Waals surface area contributed by atoms with Gasteiger partial charge in [-0.05, 0) is 61.6 Å². The van der Waals surface area contributed by atoms with Gasteiger partial charge in [0.25, 0.3) is 0 Å². The third-order valence-corrected chi connectivity index (χ3v) is 5.91. The molecule has 5 heteroatoms. The van der Waals surface area contributed by atoms with Crippen molar-refractivity contribution in [3.63, 3.8) is 0 Å². The number of methoxy groups -OCH3 is 3. The lowest BCUT2D eigenvalue weighted by molar-refractivity contribution is -0.121. The molecule has 1 aromatic rings. The summed E-state index contributed by atoms with van der Waals surface area (Å²) in [7, 11) is 4.74. The molecule has 1 N–H and O–H groups in total. The lowest BCUT2D eigenvalue weighted by Crippen LogP contribution is -2.40. The number of hydrogen-bond acceptors (Lipinski definition) is 4. The van der Waals surface area contributed by atoms with Gasteiger partial charge in [0, 0.05) is 6.04 Å². The highest BCUT2D eigenvalue weighted by Crippen LogP contribution is 2.49. The first-order valence-electron chi connectivity index (χ1n) is 9.14. The molecule has 0 radical (unpaired) electrons. The summed E-state index contributed by atoms with van der Waals surface area (Å²) in [4.78, 5) is 12.5. The molecule has 0 heterocycles. The Hall–Kier alpha value is -1.91. The van der Waals surface area contributed by atoms with Crippen LogP contribution in [0.15, 0.2) is 12.1 Å². The molecule has 2 aliphatic carbocycles. The number of nitrogens with one attached hydrogen (secondary N) is 1. The molecule has 1 aromatic carbocycles. The highest BCUT2D eigenvalue weighted by molar-refractivity contribution is 5.79. The van der Waals surface area contributed by atoms with Crippen molar-refractivity contribution in [1.29, 1.82) is 0 Å². The highest BCUT2D eigenvalue weighted by Gasteiger charge is 2.42. The van der Waals surface area contributed by atoms with Crippen molar-refractivity contribution < 1.29 is 19.0 Å². The molecular weight excluding hydrogens is 318 g/mol. The summed E-state index contributed by atoms with van der Waals surface area (Å²) in [6, 6.07) is 3.91. The Kier molecular flexibility index (Phi) is 5.40. The van der Waals surface area contributed by atoms with Gasteiger partial charge in [-0.2, -0.15) is 0 Å². The first-order valence-corrected chi connectivity index (χ1v) is 9.14. The highest BCUT2D eigenvalue weighted by atomic mass is 16.5. The fourth-order valence-corrected chi connectivity index (χ4v) is 4.74. The molecule has 0 aromatic heterocycles. The first kappa shape index (κ1) is 17.9. The molecule has 2 fully saturated rings. The summed E-state index contributed by atoms with van der Waals surface area (Å²) in [6.45, 7) is 2.15. The molecule has 3 rings (SSSR count). The molecule has 2 bridgehead atoms. The number of hydrogen-bond donors (Lipinski definition) is 1. The van der Waals surface area contributed by atoms with E-state index in [0.29, 0.717) is 29.6 Å². The summed E-state index contributed by atoms with van der Waals surface area (Å²) in [5, 5.41) is 3.21. The number of fused-ring (bicyclic) bond motifs is 2. The molecule has 0 saturated heterocycles. The van der Waals surface area contributed by atoms with Crippen LogP contribution in [-0.2, 0) is 11.2 Å². The number of ether oxygens (including phenoxy) is 3. The van der Waals surface area contributed by atoms with E-state index in [1.54, 1.807) is 21.3 Å². The second-order valence-electron chi connectivity index (χ2n) is 7.41. The van der Waals surface area contributed by atoms with Gasteiger partial charge in [0.2, 0.25) is 11.7 Å². The third-order valence-electron chi connectivity index (χ3n) is 5.91. The normalized spacial score (nSPS) is 25.5. The van der Waals surface area contributed by atoms with Crippen LogP contribution in [0.2, 0.25) is 0 Å². The fraction of sp³-hybridized carbons (Fsp3) is 0.650. The van der Waals surface area contributed by atoms with Crippen LogP contribution >= 0.6 is 0 Å². The molecule has 0 spiro atoms. The van der Waals surface area contributed by atoms with Gasteiger partial charge in [-0.1, -0.05) is 6.42 Å². The van der Waals surface area contributed by atoms with Gasteiger partial charge in [-0.3, -0.25) is 4.79 Å². The molecule has 0 aliphatic heterocycles. The molecule has 25 heavy (non-hydrogen) atoms. The van der Waals surface area contributed by atoms with Gasteiger partial charge in [0.05, 0.1) is 27.8 Å². The lowest BCUT2D eigenvalue weighted by Gasteiger charge is -2.28. The Morgan fingerprint density at radius 3 is 2.28 bits per heavy atom. The summed E-state index contributed by atoms with van der Waals surface area (Å²) >= 11 is 0. The predicted molar refractivity (Wildman–Crippen MR) is 96.3 cm³/mol. The Morgan fingerprint density at radius 2 is 1.80 bits per heavy atom. The van der Waals surface area contributed by atoms with Crippen molar-refractivity contribution in [2.24, 2.45) is 17.8 Å². The van der Waals surface area contributed by atoms with Gasteiger partial charge in [0.1, 0.15) is 0 Å². The van der Waals surface area contributed by atoms with Crippen LogP contribution in [-0.4, -0.2) is 33.3 Å². The Balaban J connectivity index is 1.64. The Bertz CT molecular complexity index is 605. The number of carbonyl (C=O) groups is 1. The summed E-state index contributed by atoms with van der Waals surface area (Å²) in [6.07, 6.45) is 5.66. The van der Waals surface area contributed by atoms with E-state index in [-0.39, 0.29) is 11.9 Å². The van der Waals surface area contributed by atoms with E-state index >= 15 is 0 Å². The monoisotopic (exact) mass is 347 g/mol. The zero-order valence-corrected chi connectivity index (χ0v) is 15.6. The van der Waals surface area contributed by atoms with Crippen molar-refractivity contribution in [3.05, 3.63) is 17.7 Å². The van der Waals surface area contributed by atoms with E-state index in [1.807, 2.05) is 12.1 Å². The number of carbonyl (C=O) groups excluding carboxylic acids is 1. The number of amides is 1. The minimum Gasteiger partial charge on any atom is -0.493 e. The largest absolute Gasteiger partial charge is 0.493 e. The van der Waals surface area contributed by atoms with Crippen molar-refractivity contribution in [3.8, 4) is 17.2 Å². The fourth-order valence-electron chi connectivity index (χ4n) is 4.74. The molecule has 1 amide bonds. The quantitative estimate of drug-likeness (QED) is 0.823. The molecule has 5 nitrogen and oxygen atoms in total. The topological polar surface area (TPSA) is 56.8 Å². The van der Waals surface area contributed by atoms with Gasteiger partial charge < -0.3 is 19.5 Å². The first-order chi connectivity index (χ1) is 12.0. The van der Waals surface area contributed by atoms with E-state index in [0.717, 1.165) is 17.4 Å². The minimum atomic E-state index is 0.0459. The minimum absolute atomic E-state index is 0.0459. The summed E-state index contributed by atoms with van der Waals surface area (Å²) in [5.74, 6) is 4.08. The van der Waals surface area contributed by atoms with Crippen molar-refractivity contribution in [2.75, 3.05) is 21.3 Å². The van der Waals surface area contributed by atoms with E-state index in [2.05, 4.69) is 12.2 Å². The van der Waals surface area contributed by atoms with Gasteiger partial charge in [0.15, 0.2) is 11.5 Å². The molecule has 0 unspecified atom stereocenters. The second kappa shape index (κ2) is 7.54. The predicted octanol–water partition coefficient (Wildman–Crippen LogP) is 3.20. The maximum Gasteiger partial charge on any atom is 0.224 e. The van der Waals surface area contributed by atoms with Gasteiger partial charge in [-0.25, -0.2) is 0 Å². The molecule has 2 saturated carbocycles. The maximum absolute atomic E-state index is 12.5. The van der Waals surface area contributed by atoms with Crippen molar-refractivity contribution >= 4 is 5.91 Å². The van der Waals surface area contributed by atoms with Crippen LogP contribution in [0.3, 0.4) is 0 Å². The average Bonchev–Trinajstić information content (AvgIpc) is 3.23. The van der Waals surface area contributed by atoms with Crippen LogP contribution in [0.4, 0.5) is 0 Å². The lowest BCUT2D eigenvalue weighted by atomic mass is 9.84. The molecule has 4 atom stereocenters. The van der Waals surface area contributed by atoms with E-state index in [4.69, 9.17) is 14.2 Å². The van der Waals surface area contributed by atoms with Crippen LogP contribution < -0.4 is 19.5 Å². The smallest absolute Gasteiger partial charge is 0.224 e. The van der Waals surface area contributed by atoms with Crippen LogP contribution in [0.1, 0.15) is 38.2 Å². The zero-order chi connectivity index (χ0) is 18.0. The standard InChI is InChI=1S/C20H29NO4/c1-12(16-8-13-5-6-15(16)7-13)21-19(22)11-14-9-17(23-2)20(25-4)18(10-14)24-3/h9-10,12-13,15-16H,5-8,11H2,1-4H3,(H,21,22)/t12-,13+,15+,16+/m0/s1. The van der Waals surface area contributed by atoms with E-state index in [9.17, 15) is 4.79 Å². The van der Waals surface area contributed by atoms with Crippen LogP contribution in [0, 0.1) is 17.8 Å². The van der Waals surface area contributed by atoms with Crippen LogP contribution in [0.5, 0.6) is 17.2 Å². The zero-order valence-electron chi connectivity index (χ0n) is 15.6. The Labute approximate surface area is 150 Å². The molecule has 138 valence electrons. The van der Waals surface area contributed by atoms with E-state index < -0.39 is 0 Å². The van der Waals surface area contributed by atoms with Crippen LogP contribution in [0.25, 0.3) is 0 Å². The summed E-state index contributed by atoms with van der Waals surface area (Å²) < 4.78 is 16.0. The third kappa shape index (κ3) is 3.70. The Morgan fingerprint density at radius 1 is 1.12 bits per heavy atom. The average molecular weight is 347 g/mol.